The molecule has 2 atom stereocenters. The van der Waals surface area contributed by atoms with Crippen molar-refractivity contribution in [1.29, 1.82) is 0 Å². The first-order valence-electron chi connectivity index (χ1n) is 6.71. The van der Waals surface area contributed by atoms with Gasteiger partial charge >= 0.3 is 12.0 Å². The number of carbonyl (C=O) groups excluding carboxylic acids is 1. The van der Waals surface area contributed by atoms with Gasteiger partial charge < -0.3 is 20.2 Å². The van der Waals surface area contributed by atoms with E-state index in [0.29, 0.717) is 12.8 Å². The molecular formula is C14H22N2O4. The quantitative estimate of drug-likeness (QED) is 0.747. The maximum absolute atomic E-state index is 11.8. The minimum Gasteiger partial charge on any atom is -0.480 e. The molecule has 0 aliphatic carbocycles. The van der Waals surface area contributed by atoms with Crippen molar-refractivity contribution < 1.29 is 19.1 Å². The number of carboxylic acid groups (broad SMARTS) is 1. The molecule has 0 spiro atoms. The van der Waals surface area contributed by atoms with Gasteiger partial charge in [0.1, 0.15) is 17.6 Å². The zero-order valence-corrected chi connectivity index (χ0v) is 12.3. The van der Waals surface area contributed by atoms with Gasteiger partial charge in [-0.15, -0.1) is 0 Å². The zero-order chi connectivity index (χ0) is 15.3. The van der Waals surface area contributed by atoms with Gasteiger partial charge in [-0.3, -0.25) is 0 Å². The van der Waals surface area contributed by atoms with Crippen molar-refractivity contribution in [2.45, 2.75) is 52.6 Å². The van der Waals surface area contributed by atoms with E-state index >= 15 is 0 Å². The third-order valence-corrected chi connectivity index (χ3v) is 3.07. The van der Waals surface area contributed by atoms with E-state index in [4.69, 9.17) is 9.52 Å². The number of rotatable bonds is 6. The molecule has 3 N–H and O–H groups in total. The highest BCUT2D eigenvalue weighted by Crippen LogP contribution is 2.20. The van der Waals surface area contributed by atoms with Crippen LogP contribution in [0.5, 0.6) is 0 Å². The van der Waals surface area contributed by atoms with Gasteiger partial charge in [0.05, 0.1) is 6.04 Å². The van der Waals surface area contributed by atoms with Gasteiger partial charge in [-0.25, -0.2) is 9.59 Å². The Morgan fingerprint density at radius 2 is 2.00 bits per heavy atom. The molecular weight excluding hydrogens is 260 g/mol. The smallest absolute Gasteiger partial charge is 0.326 e. The molecule has 112 valence electrons. The minimum absolute atomic E-state index is 0.247. The number of furan rings is 1. The Balaban J connectivity index is 2.61. The van der Waals surface area contributed by atoms with Crippen LogP contribution >= 0.6 is 0 Å². The summed E-state index contributed by atoms with van der Waals surface area (Å²) in [5.74, 6) is 0.504. The Labute approximate surface area is 118 Å². The number of carbonyl (C=O) groups is 2. The van der Waals surface area contributed by atoms with Crippen molar-refractivity contribution in [1.82, 2.24) is 10.6 Å². The van der Waals surface area contributed by atoms with Crippen LogP contribution < -0.4 is 10.6 Å². The van der Waals surface area contributed by atoms with Gasteiger partial charge in [0.15, 0.2) is 0 Å². The maximum Gasteiger partial charge on any atom is 0.326 e. The summed E-state index contributed by atoms with van der Waals surface area (Å²) in [6.45, 7) is 7.36. The van der Waals surface area contributed by atoms with Crippen LogP contribution in [0.3, 0.4) is 0 Å². The normalized spacial score (nSPS) is 13.6. The van der Waals surface area contributed by atoms with E-state index in [1.165, 1.54) is 0 Å². The van der Waals surface area contributed by atoms with Crippen LogP contribution in [0.2, 0.25) is 0 Å². The molecule has 1 aromatic rings. The molecule has 0 saturated carbocycles. The van der Waals surface area contributed by atoms with E-state index in [1.54, 1.807) is 0 Å². The van der Waals surface area contributed by atoms with Crippen LogP contribution in [-0.2, 0) is 4.79 Å². The highest BCUT2D eigenvalue weighted by atomic mass is 16.4. The maximum atomic E-state index is 11.8. The number of aryl methyl sites for hydroxylation is 2. The Bertz CT molecular complexity index is 482. The van der Waals surface area contributed by atoms with Crippen LogP contribution in [0.1, 0.15) is 49.8 Å². The van der Waals surface area contributed by atoms with Crippen LogP contribution in [0.15, 0.2) is 10.5 Å². The highest BCUT2D eigenvalue weighted by Gasteiger charge is 2.21. The lowest BCUT2D eigenvalue weighted by Crippen LogP contribution is -2.46. The SMILES string of the molecule is CCC[C@@H](NC(=O)NC(C)c1cc(C)oc1C)C(=O)O. The van der Waals surface area contributed by atoms with Gasteiger partial charge in [0, 0.05) is 5.56 Å². The first kappa shape index (κ1) is 16.1. The summed E-state index contributed by atoms with van der Waals surface area (Å²) < 4.78 is 5.41. The third kappa shape index (κ3) is 4.29. The molecule has 0 fully saturated rings. The van der Waals surface area contributed by atoms with Crippen LogP contribution in [0.4, 0.5) is 4.79 Å². The predicted octanol–water partition coefficient (Wildman–Crippen LogP) is 2.51. The average Bonchev–Trinajstić information content (AvgIpc) is 2.67. The van der Waals surface area contributed by atoms with Crippen LogP contribution in [0.25, 0.3) is 0 Å². The monoisotopic (exact) mass is 282 g/mol. The van der Waals surface area contributed by atoms with Gasteiger partial charge in [0.25, 0.3) is 0 Å². The standard InChI is InChI=1S/C14H22N2O4/c1-5-6-12(13(17)18)16-14(19)15-9(3)11-7-8(2)20-10(11)4/h7,9,12H,5-6H2,1-4H3,(H,17,18)(H2,15,16,19)/t9?,12-/m1/s1. The first-order chi connectivity index (χ1) is 9.35. The topological polar surface area (TPSA) is 91.6 Å². The second kappa shape index (κ2) is 6.98. The second-order valence-corrected chi connectivity index (χ2v) is 4.89. The Morgan fingerprint density at radius 3 is 2.45 bits per heavy atom. The molecule has 0 saturated heterocycles. The van der Waals surface area contributed by atoms with Gasteiger partial charge in [-0.1, -0.05) is 13.3 Å². The Hall–Kier alpha value is -1.98. The second-order valence-electron chi connectivity index (χ2n) is 4.89. The van der Waals surface area contributed by atoms with E-state index in [0.717, 1.165) is 17.1 Å². The largest absolute Gasteiger partial charge is 0.480 e. The number of urea groups is 1. The van der Waals surface area contributed by atoms with Crippen molar-refractivity contribution in [3.8, 4) is 0 Å². The van der Waals surface area contributed by atoms with Crippen molar-refractivity contribution in [2.75, 3.05) is 0 Å². The molecule has 1 aromatic heterocycles. The summed E-state index contributed by atoms with van der Waals surface area (Å²) >= 11 is 0. The van der Waals surface area contributed by atoms with Crippen molar-refractivity contribution in [3.05, 3.63) is 23.2 Å². The minimum atomic E-state index is -1.02. The summed E-state index contributed by atoms with van der Waals surface area (Å²) in [4.78, 5) is 22.8. The fourth-order valence-electron chi connectivity index (χ4n) is 2.10. The summed E-state index contributed by atoms with van der Waals surface area (Å²) in [5.41, 5.74) is 0.889. The fraction of sp³-hybridized carbons (Fsp3) is 0.571. The van der Waals surface area contributed by atoms with Crippen molar-refractivity contribution in [3.63, 3.8) is 0 Å². The predicted molar refractivity (Wildman–Crippen MR) is 74.6 cm³/mol. The molecule has 1 rings (SSSR count). The summed E-state index contributed by atoms with van der Waals surface area (Å²) in [6, 6.07) is 0.264. The van der Waals surface area contributed by atoms with Crippen molar-refractivity contribution in [2.24, 2.45) is 0 Å². The van der Waals surface area contributed by atoms with Crippen molar-refractivity contribution >= 4 is 12.0 Å². The zero-order valence-electron chi connectivity index (χ0n) is 12.3. The molecule has 0 aliphatic heterocycles. The van der Waals surface area contributed by atoms with E-state index < -0.39 is 18.0 Å². The number of aliphatic carboxylic acids is 1. The molecule has 0 aliphatic rings. The number of hydrogen-bond donors (Lipinski definition) is 3. The van der Waals surface area contributed by atoms with Gasteiger partial charge in [-0.05, 0) is 33.3 Å². The Morgan fingerprint density at radius 1 is 1.35 bits per heavy atom. The number of amides is 2. The van der Waals surface area contributed by atoms with E-state index in [1.807, 2.05) is 33.8 Å². The molecule has 0 aromatic carbocycles. The molecule has 2 amide bonds. The lowest BCUT2D eigenvalue weighted by Gasteiger charge is -2.17. The first-order valence-corrected chi connectivity index (χ1v) is 6.71. The van der Waals surface area contributed by atoms with E-state index in [9.17, 15) is 9.59 Å². The van der Waals surface area contributed by atoms with Crippen LogP contribution in [0, 0.1) is 13.8 Å². The fourth-order valence-corrected chi connectivity index (χ4v) is 2.10. The molecule has 1 heterocycles. The van der Waals surface area contributed by atoms with E-state index in [-0.39, 0.29) is 6.04 Å². The summed E-state index contributed by atoms with van der Waals surface area (Å²) in [7, 11) is 0. The molecule has 0 bridgehead atoms. The van der Waals surface area contributed by atoms with Gasteiger partial charge in [0.2, 0.25) is 0 Å². The number of carboxylic acids is 1. The number of hydrogen-bond acceptors (Lipinski definition) is 3. The van der Waals surface area contributed by atoms with E-state index in [2.05, 4.69) is 10.6 Å². The summed E-state index contributed by atoms with van der Waals surface area (Å²) in [5, 5.41) is 14.2. The Kier molecular flexibility index (Phi) is 5.61. The highest BCUT2D eigenvalue weighted by molar-refractivity contribution is 5.82. The molecule has 0 radical (unpaired) electrons. The van der Waals surface area contributed by atoms with Gasteiger partial charge in [-0.2, -0.15) is 0 Å². The molecule has 6 heteroatoms. The summed E-state index contributed by atoms with van der Waals surface area (Å²) in [6.07, 6.45) is 1.09. The van der Waals surface area contributed by atoms with Crippen LogP contribution in [-0.4, -0.2) is 23.1 Å². The third-order valence-electron chi connectivity index (χ3n) is 3.07. The molecule has 20 heavy (non-hydrogen) atoms. The average molecular weight is 282 g/mol. The lowest BCUT2D eigenvalue weighted by atomic mass is 10.1. The number of nitrogens with one attached hydrogen (secondary N) is 2. The lowest BCUT2D eigenvalue weighted by molar-refractivity contribution is -0.139. The molecule has 1 unspecified atom stereocenters. The molecule has 6 nitrogen and oxygen atoms in total.